The Hall–Kier alpha value is -2.33. The van der Waals surface area contributed by atoms with Gasteiger partial charge < -0.3 is 5.32 Å². The zero-order valence-electron chi connectivity index (χ0n) is 12.8. The van der Waals surface area contributed by atoms with Crippen LogP contribution in [0.1, 0.15) is 23.0 Å². The molecule has 0 unspecified atom stereocenters. The van der Waals surface area contributed by atoms with E-state index in [1.807, 2.05) is 32.0 Å². The van der Waals surface area contributed by atoms with Crippen LogP contribution in [-0.4, -0.2) is 9.78 Å². The highest BCUT2D eigenvalue weighted by molar-refractivity contribution is 6.31. The van der Waals surface area contributed by atoms with Gasteiger partial charge in [-0.2, -0.15) is 5.10 Å². The topological polar surface area (TPSA) is 29.9 Å². The first kappa shape index (κ1) is 14.3. The molecule has 2 aromatic carbocycles. The predicted molar refractivity (Wildman–Crippen MR) is 90.3 cm³/mol. The van der Waals surface area contributed by atoms with Crippen LogP contribution < -0.4 is 5.32 Å². The molecule has 2 heterocycles. The largest absolute Gasteiger partial charge is 0.359 e. The Morgan fingerprint density at radius 2 is 2.00 bits per heavy atom. The van der Waals surface area contributed by atoms with Crippen molar-refractivity contribution < 1.29 is 4.39 Å². The molecule has 0 spiro atoms. The van der Waals surface area contributed by atoms with Gasteiger partial charge in [0.25, 0.3) is 0 Å². The van der Waals surface area contributed by atoms with Gasteiger partial charge >= 0.3 is 0 Å². The van der Waals surface area contributed by atoms with Gasteiger partial charge in [0, 0.05) is 11.3 Å². The van der Waals surface area contributed by atoms with Crippen LogP contribution in [-0.2, 0) is 0 Å². The Morgan fingerprint density at radius 1 is 1.17 bits per heavy atom. The summed E-state index contributed by atoms with van der Waals surface area (Å²) in [5.74, 6) is -0.343. The minimum Gasteiger partial charge on any atom is -0.359 e. The van der Waals surface area contributed by atoms with Crippen LogP contribution in [0.3, 0.4) is 0 Å². The van der Waals surface area contributed by atoms with Crippen molar-refractivity contribution in [3.05, 3.63) is 70.1 Å². The lowest BCUT2D eigenvalue weighted by molar-refractivity contribution is 0.527. The molecule has 1 aromatic heterocycles. The second-order valence-corrected chi connectivity index (χ2v) is 6.25. The minimum atomic E-state index is -0.470. The van der Waals surface area contributed by atoms with Gasteiger partial charge in [0.1, 0.15) is 5.82 Å². The average molecular weight is 328 g/mol. The van der Waals surface area contributed by atoms with E-state index in [0.717, 1.165) is 22.6 Å². The lowest BCUT2D eigenvalue weighted by Crippen LogP contribution is -2.27. The number of hydrogen-bond donors (Lipinski definition) is 1. The van der Waals surface area contributed by atoms with Crippen LogP contribution in [0.25, 0.3) is 11.3 Å². The highest BCUT2D eigenvalue weighted by Gasteiger charge is 2.29. The smallest absolute Gasteiger partial charge is 0.151 e. The predicted octanol–water partition coefficient (Wildman–Crippen LogP) is 4.93. The summed E-state index contributed by atoms with van der Waals surface area (Å²) in [6.45, 7) is 3.98. The monoisotopic (exact) mass is 327 g/mol. The molecule has 1 aliphatic heterocycles. The number of benzene rings is 2. The highest BCUT2D eigenvalue weighted by Crippen LogP contribution is 2.41. The van der Waals surface area contributed by atoms with E-state index in [9.17, 15) is 4.39 Å². The van der Waals surface area contributed by atoms with Crippen molar-refractivity contribution in [3.8, 4) is 11.3 Å². The quantitative estimate of drug-likeness (QED) is 0.686. The molecule has 0 aliphatic carbocycles. The van der Waals surface area contributed by atoms with Gasteiger partial charge in [0.15, 0.2) is 6.17 Å². The summed E-state index contributed by atoms with van der Waals surface area (Å²) in [4.78, 5) is 0. The van der Waals surface area contributed by atoms with E-state index in [1.54, 1.807) is 16.8 Å². The molecule has 0 amide bonds. The second kappa shape index (κ2) is 5.10. The number of halogens is 2. The van der Waals surface area contributed by atoms with Crippen molar-refractivity contribution in [1.82, 2.24) is 9.78 Å². The lowest BCUT2D eigenvalue weighted by Gasteiger charge is -2.30. The number of anilines is 1. The summed E-state index contributed by atoms with van der Waals surface area (Å²) >= 11 is 6.27. The fourth-order valence-corrected chi connectivity index (χ4v) is 3.35. The Kier molecular flexibility index (Phi) is 3.16. The van der Waals surface area contributed by atoms with Gasteiger partial charge in [0.2, 0.25) is 0 Å². The van der Waals surface area contributed by atoms with Gasteiger partial charge in [-0.1, -0.05) is 29.3 Å². The minimum absolute atomic E-state index is 0.343. The first-order valence-electron chi connectivity index (χ1n) is 7.42. The molecule has 0 radical (unpaired) electrons. The summed E-state index contributed by atoms with van der Waals surface area (Å²) in [7, 11) is 0. The molecule has 1 atom stereocenters. The molecule has 1 aliphatic rings. The SMILES string of the molecule is Cc1ccc2c(c1)-c1cc(C)nn1[C@H](c1c(F)cccc1Cl)N2. The summed E-state index contributed by atoms with van der Waals surface area (Å²) < 4.78 is 16.2. The molecule has 0 bridgehead atoms. The number of fused-ring (bicyclic) bond motifs is 3. The molecule has 3 nitrogen and oxygen atoms in total. The number of nitrogens with one attached hydrogen (secondary N) is 1. The maximum Gasteiger partial charge on any atom is 0.151 e. The van der Waals surface area contributed by atoms with E-state index in [0.29, 0.717) is 10.6 Å². The normalized spacial score (nSPS) is 15.7. The molecule has 0 saturated carbocycles. The summed E-state index contributed by atoms with van der Waals surface area (Å²) in [5.41, 5.74) is 5.43. The third-order valence-electron chi connectivity index (χ3n) is 4.12. The van der Waals surface area contributed by atoms with Crippen molar-refractivity contribution in [3.63, 3.8) is 0 Å². The van der Waals surface area contributed by atoms with Gasteiger partial charge in [-0.15, -0.1) is 0 Å². The van der Waals surface area contributed by atoms with E-state index < -0.39 is 6.17 Å². The summed E-state index contributed by atoms with van der Waals surface area (Å²) in [6.07, 6.45) is -0.470. The van der Waals surface area contributed by atoms with E-state index >= 15 is 0 Å². The third-order valence-corrected chi connectivity index (χ3v) is 4.45. The van der Waals surface area contributed by atoms with Crippen molar-refractivity contribution >= 4 is 17.3 Å². The molecular weight excluding hydrogens is 313 g/mol. The van der Waals surface area contributed by atoms with Crippen molar-refractivity contribution in [2.24, 2.45) is 0 Å². The van der Waals surface area contributed by atoms with Crippen LogP contribution in [0.2, 0.25) is 5.02 Å². The lowest BCUT2D eigenvalue weighted by atomic mass is 10.0. The molecule has 5 heteroatoms. The number of nitrogens with zero attached hydrogens (tertiary/aromatic N) is 2. The van der Waals surface area contributed by atoms with Crippen LogP contribution in [0.15, 0.2) is 42.5 Å². The Morgan fingerprint density at radius 3 is 2.78 bits per heavy atom. The maximum atomic E-state index is 14.4. The molecule has 4 rings (SSSR count). The van der Waals surface area contributed by atoms with E-state index in [1.165, 1.54) is 11.6 Å². The number of aromatic nitrogens is 2. The first-order chi connectivity index (χ1) is 11.0. The maximum absolute atomic E-state index is 14.4. The molecule has 1 N–H and O–H groups in total. The van der Waals surface area contributed by atoms with E-state index in [2.05, 4.69) is 16.5 Å². The zero-order valence-corrected chi connectivity index (χ0v) is 13.5. The van der Waals surface area contributed by atoms with Crippen LogP contribution in [0.5, 0.6) is 0 Å². The molecule has 0 saturated heterocycles. The standard InChI is InChI=1S/C18H15ClFN3/c1-10-6-7-15-12(8-10)16-9-11(2)22-23(16)18(21-15)17-13(19)4-3-5-14(17)20/h3-9,18,21H,1-2H3/t18-/m1/s1. The van der Waals surface area contributed by atoms with Crippen LogP contribution in [0.4, 0.5) is 10.1 Å². The van der Waals surface area contributed by atoms with Crippen molar-refractivity contribution in [2.75, 3.05) is 5.32 Å². The number of rotatable bonds is 1. The van der Waals surface area contributed by atoms with Gasteiger partial charge in [-0.05, 0) is 44.2 Å². The van der Waals surface area contributed by atoms with Gasteiger partial charge in [-0.25, -0.2) is 9.07 Å². The van der Waals surface area contributed by atoms with Gasteiger partial charge in [0.05, 0.1) is 22.0 Å². The summed E-state index contributed by atoms with van der Waals surface area (Å²) in [5, 5.41) is 8.30. The number of aryl methyl sites for hydroxylation is 2. The Balaban J connectivity index is 1.96. The molecule has 116 valence electrons. The Bertz CT molecular complexity index is 896. The summed E-state index contributed by atoms with van der Waals surface area (Å²) in [6, 6.07) is 12.9. The number of hydrogen-bond acceptors (Lipinski definition) is 2. The fourth-order valence-electron chi connectivity index (χ4n) is 3.09. The zero-order chi connectivity index (χ0) is 16.1. The van der Waals surface area contributed by atoms with Crippen LogP contribution >= 0.6 is 11.6 Å². The Labute approximate surface area is 138 Å². The highest BCUT2D eigenvalue weighted by atomic mass is 35.5. The van der Waals surface area contributed by atoms with Crippen molar-refractivity contribution in [1.29, 1.82) is 0 Å². The van der Waals surface area contributed by atoms with Gasteiger partial charge in [-0.3, -0.25) is 0 Å². The molecule has 0 fully saturated rings. The van der Waals surface area contributed by atoms with E-state index in [-0.39, 0.29) is 5.82 Å². The first-order valence-corrected chi connectivity index (χ1v) is 7.80. The third kappa shape index (κ3) is 2.21. The van der Waals surface area contributed by atoms with Crippen molar-refractivity contribution in [2.45, 2.75) is 20.0 Å². The molecule has 3 aromatic rings. The molecular formula is C18H15ClFN3. The average Bonchev–Trinajstić information content (AvgIpc) is 2.89. The fraction of sp³-hybridized carbons (Fsp3) is 0.167. The molecule has 23 heavy (non-hydrogen) atoms. The second-order valence-electron chi connectivity index (χ2n) is 5.85. The van der Waals surface area contributed by atoms with Crippen LogP contribution in [0, 0.1) is 19.7 Å². The van der Waals surface area contributed by atoms with E-state index in [4.69, 9.17) is 11.6 Å².